The summed E-state index contributed by atoms with van der Waals surface area (Å²) in [6.07, 6.45) is 1.56. The van der Waals surface area contributed by atoms with E-state index in [1.54, 1.807) is 37.4 Å². The monoisotopic (exact) mass is 449 g/mol. The second kappa shape index (κ2) is 8.84. The summed E-state index contributed by atoms with van der Waals surface area (Å²) < 4.78 is 31.3. The van der Waals surface area contributed by atoms with E-state index in [4.69, 9.17) is 4.74 Å². The summed E-state index contributed by atoms with van der Waals surface area (Å²) in [5, 5.41) is 6.16. The highest BCUT2D eigenvalue weighted by Crippen LogP contribution is 2.38. The van der Waals surface area contributed by atoms with E-state index in [2.05, 4.69) is 9.82 Å². The summed E-state index contributed by atoms with van der Waals surface area (Å²) in [5.74, 6) is 0.453. The summed E-state index contributed by atoms with van der Waals surface area (Å²) in [4.78, 5) is 13.3. The van der Waals surface area contributed by atoms with Crippen LogP contribution in [0, 0.1) is 0 Å². The third-order valence-corrected chi connectivity index (χ3v) is 5.74. The van der Waals surface area contributed by atoms with Crippen molar-refractivity contribution in [1.29, 1.82) is 0 Å². The van der Waals surface area contributed by atoms with Crippen LogP contribution >= 0.6 is 0 Å². The molecule has 0 saturated heterocycles. The molecule has 0 spiro atoms. The molecule has 1 aliphatic rings. The van der Waals surface area contributed by atoms with Crippen molar-refractivity contribution in [3.63, 3.8) is 0 Å². The van der Waals surface area contributed by atoms with Gasteiger partial charge in [0.15, 0.2) is 0 Å². The lowest BCUT2D eigenvalue weighted by Gasteiger charge is -2.23. The number of carbonyl (C=O) groups excluding carboxylic acids is 1. The van der Waals surface area contributed by atoms with Gasteiger partial charge in [-0.1, -0.05) is 48.5 Å². The predicted octanol–water partition coefficient (Wildman–Crippen LogP) is 4.06. The van der Waals surface area contributed by atoms with Crippen LogP contribution < -0.4 is 9.46 Å². The number of hydrazone groups is 1. The van der Waals surface area contributed by atoms with Gasteiger partial charge >= 0.3 is 0 Å². The lowest BCUT2D eigenvalue weighted by Crippen LogP contribution is -2.27. The molecule has 1 amide bonds. The van der Waals surface area contributed by atoms with Crippen molar-refractivity contribution in [2.24, 2.45) is 5.10 Å². The Morgan fingerprint density at radius 1 is 1.03 bits per heavy atom. The number of benzene rings is 3. The van der Waals surface area contributed by atoms with E-state index in [9.17, 15) is 13.2 Å². The van der Waals surface area contributed by atoms with Crippen molar-refractivity contribution in [2.75, 3.05) is 18.1 Å². The number of nitrogens with one attached hydrogen (secondary N) is 1. The van der Waals surface area contributed by atoms with E-state index in [1.165, 1.54) is 5.01 Å². The van der Waals surface area contributed by atoms with Crippen molar-refractivity contribution >= 4 is 27.3 Å². The molecule has 4 rings (SSSR count). The Balaban J connectivity index is 1.75. The maximum absolute atomic E-state index is 13.3. The Kier molecular flexibility index (Phi) is 5.96. The number of para-hydroxylation sites is 1. The number of anilines is 1. The zero-order valence-corrected chi connectivity index (χ0v) is 18.5. The topological polar surface area (TPSA) is 88.1 Å². The first kappa shape index (κ1) is 21.6. The van der Waals surface area contributed by atoms with Gasteiger partial charge in [0, 0.05) is 23.2 Å². The molecule has 1 atom stereocenters. The number of amides is 1. The van der Waals surface area contributed by atoms with Gasteiger partial charge < -0.3 is 4.74 Å². The molecule has 164 valence electrons. The smallest absolute Gasteiger partial charge is 0.274 e. The minimum Gasteiger partial charge on any atom is -0.496 e. The van der Waals surface area contributed by atoms with Crippen LogP contribution in [0.5, 0.6) is 5.75 Å². The maximum Gasteiger partial charge on any atom is 0.274 e. The van der Waals surface area contributed by atoms with Gasteiger partial charge in [-0.15, -0.1) is 0 Å². The molecule has 8 heteroatoms. The Hall–Kier alpha value is -3.65. The SMILES string of the molecule is COc1ccccc1[C@@H]1CC(c2cccc(NS(C)(=O)=O)c2)=NN1C(=O)c1ccccc1. The van der Waals surface area contributed by atoms with Crippen molar-refractivity contribution in [2.45, 2.75) is 12.5 Å². The zero-order chi connectivity index (χ0) is 22.7. The molecule has 3 aromatic rings. The standard InChI is InChI=1S/C24H23N3O4S/c1-31-23-14-7-6-13-20(23)22-16-21(18-11-8-12-19(15-18)26-32(2,29)30)25-27(22)24(28)17-9-4-3-5-10-17/h3-15,22,26H,16H2,1-2H3/t22-/m0/s1. The molecule has 1 aliphatic heterocycles. The van der Waals surface area contributed by atoms with Crippen LogP contribution in [0.15, 0.2) is 84.0 Å². The number of nitrogens with zero attached hydrogens (tertiary/aromatic N) is 2. The molecule has 1 N–H and O–H groups in total. The van der Waals surface area contributed by atoms with Gasteiger partial charge in [0.25, 0.3) is 5.91 Å². The summed E-state index contributed by atoms with van der Waals surface area (Å²) in [6.45, 7) is 0. The van der Waals surface area contributed by atoms with Gasteiger partial charge in [-0.2, -0.15) is 5.10 Å². The number of carbonyl (C=O) groups is 1. The van der Waals surface area contributed by atoms with Crippen LogP contribution in [0.4, 0.5) is 5.69 Å². The average molecular weight is 450 g/mol. The highest BCUT2D eigenvalue weighted by molar-refractivity contribution is 7.92. The normalized spacial score (nSPS) is 15.9. The minimum atomic E-state index is -3.41. The van der Waals surface area contributed by atoms with Gasteiger partial charge in [-0.25, -0.2) is 13.4 Å². The Labute approximate surface area is 187 Å². The van der Waals surface area contributed by atoms with Crippen LogP contribution in [0.1, 0.15) is 33.9 Å². The predicted molar refractivity (Wildman–Crippen MR) is 124 cm³/mol. The Morgan fingerprint density at radius 3 is 2.47 bits per heavy atom. The van der Waals surface area contributed by atoms with E-state index in [-0.39, 0.29) is 11.9 Å². The Bertz CT molecular complexity index is 1270. The largest absolute Gasteiger partial charge is 0.496 e. The molecule has 3 aromatic carbocycles. The minimum absolute atomic E-state index is 0.220. The highest BCUT2D eigenvalue weighted by atomic mass is 32.2. The van der Waals surface area contributed by atoms with Gasteiger partial charge in [0.1, 0.15) is 5.75 Å². The molecule has 0 bridgehead atoms. The fourth-order valence-electron chi connectivity index (χ4n) is 3.75. The molecule has 0 saturated carbocycles. The number of ether oxygens (including phenoxy) is 1. The van der Waals surface area contributed by atoms with E-state index >= 15 is 0 Å². The Morgan fingerprint density at radius 2 is 1.75 bits per heavy atom. The van der Waals surface area contributed by atoms with Crippen LogP contribution in [-0.4, -0.2) is 38.4 Å². The second-order valence-electron chi connectivity index (χ2n) is 7.48. The molecular weight excluding hydrogens is 426 g/mol. The van der Waals surface area contributed by atoms with Crippen LogP contribution in [0.3, 0.4) is 0 Å². The van der Waals surface area contributed by atoms with Crippen molar-refractivity contribution in [1.82, 2.24) is 5.01 Å². The van der Waals surface area contributed by atoms with Gasteiger partial charge in [-0.05, 0) is 35.9 Å². The maximum atomic E-state index is 13.3. The third-order valence-electron chi connectivity index (χ3n) is 5.14. The van der Waals surface area contributed by atoms with Crippen LogP contribution in [-0.2, 0) is 10.0 Å². The van der Waals surface area contributed by atoms with E-state index in [1.807, 2.05) is 48.5 Å². The number of sulfonamides is 1. The van der Waals surface area contributed by atoms with Crippen LogP contribution in [0.2, 0.25) is 0 Å². The van der Waals surface area contributed by atoms with Gasteiger partial charge in [0.2, 0.25) is 10.0 Å². The summed E-state index contributed by atoms with van der Waals surface area (Å²) in [5.41, 5.74) is 3.24. The van der Waals surface area contributed by atoms with E-state index < -0.39 is 10.0 Å². The molecule has 0 fully saturated rings. The fourth-order valence-corrected chi connectivity index (χ4v) is 4.30. The average Bonchev–Trinajstić information content (AvgIpc) is 3.23. The van der Waals surface area contributed by atoms with Gasteiger partial charge in [0.05, 0.1) is 25.1 Å². The first-order chi connectivity index (χ1) is 15.4. The molecule has 1 heterocycles. The lowest BCUT2D eigenvalue weighted by molar-refractivity contribution is 0.0709. The summed E-state index contributed by atoms with van der Waals surface area (Å²) in [6, 6.07) is 23.2. The summed E-state index contributed by atoms with van der Waals surface area (Å²) >= 11 is 0. The van der Waals surface area contributed by atoms with Gasteiger partial charge in [-0.3, -0.25) is 9.52 Å². The number of rotatable bonds is 6. The highest BCUT2D eigenvalue weighted by Gasteiger charge is 2.35. The van der Waals surface area contributed by atoms with Crippen molar-refractivity contribution in [3.8, 4) is 5.75 Å². The molecule has 0 unspecified atom stereocenters. The molecule has 0 radical (unpaired) electrons. The number of methoxy groups -OCH3 is 1. The third kappa shape index (κ3) is 4.65. The lowest BCUT2D eigenvalue weighted by atomic mass is 9.97. The van der Waals surface area contributed by atoms with E-state index in [0.717, 1.165) is 17.4 Å². The van der Waals surface area contributed by atoms with Crippen molar-refractivity contribution in [3.05, 3.63) is 95.6 Å². The number of hydrogen-bond acceptors (Lipinski definition) is 5. The van der Waals surface area contributed by atoms with E-state index in [0.29, 0.717) is 29.1 Å². The van der Waals surface area contributed by atoms with Crippen molar-refractivity contribution < 1.29 is 17.9 Å². The molecule has 0 aromatic heterocycles. The van der Waals surface area contributed by atoms with Crippen LogP contribution in [0.25, 0.3) is 0 Å². The zero-order valence-electron chi connectivity index (χ0n) is 17.7. The summed E-state index contributed by atoms with van der Waals surface area (Å²) in [7, 11) is -1.81. The molecule has 7 nitrogen and oxygen atoms in total. The molecular formula is C24H23N3O4S. The molecule has 0 aliphatic carbocycles. The number of hydrogen-bond donors (Lipinski definition) is 1. The molecule has 32 heavy (non-hydrogen) atoms. The first-order valence-electron chi connectivity index (χ1n) is 10.0. The quantitative estimate of drug-likeness (QED) is 0.615. The first-order valence-corrected chi connectivity index (χ1v) is 11.9. The fraction of sp³-hybridized carbons (Fsp3) is 0.167. The second-order valence-corrected chi connectivity index (χ2v) is 9.23.